The van der Waals surface area contributed by atoms with Crippen LogP contribution in [0.3, 0.4) is 0 Å². The highest BCUT2D eigenvalue weighted by atomic mass is 16.5. The number of carbonyl (C=O) groups is 1. The summed E-state index contributed by atoms with van der Waals surface area (Å²) in [6, 6.07) is 11.3. The summed E-state index contributed by atoms with van der Waals surface area (Å²) in [5.74, 6) is -0.288. The van der Waals surface area contributed by atoms with E-state index in [0.717, 1.165) is 24.1 Å². The fourth-order valence-electron chi connectivity index (χ4n) is 3.24. The van der Waals surface area contributed by atoms with E-state index in [1.165, 1.54) is 0 Å². The predicted octanol–water partition coefficient (Wildman–Crippen LogP) is 1.96. The minimum absolute atomic E-state index is 0.394. The molecule has 29 heavy (non-hydrogen) atoms. The zero-order valence-electron chi connectivity index (χ0n) is 16.3. The Balaban J connectivity index is 1.73. The number of nitrogens with zero attached hydrogens (tertiary/aromatic N) is 4. The molecule has 3 rings (SSSR count). The number of aromatic nitrogens is 5. The third kappa shape index (κ3) is 5.35. The van der Waals surface area contributed by atoms with E-state index in [2.05, 4.69) is 31.3 Å². The Morgan fingerprint density at radius 2 is 1.97 bits per heavy atom. The van der Waals surface area contributed by atoms with Crippen molar-refractivity contribution in [3.05, 3.63) is 59.5 Å². The molecule has 0 fully saturated rings. The molecule has 0 aliphatic heterocycles. The number of rotatable bonds is 10. The lowest BCUT2D eigenvalue weighted by Gasteiger charge is -2.20. The summed E-state index contributed by atoms with van der Waals surface area (Å²) in [6.07, 6.45) is 3.43. The van der Waals surface area contributed by atoms with Crippen molar-refractivity contribution < 1.29 is 20.4 Å². The highest BCUT2D eigenvalue weighted by Crippen LogP contribution is 2.30. The molecule has 0 saturated heterocycles. The third-order valence-electron chi connectivity index (χ3n) is 4.78. The van der Waals surface area contributed by atoms with Crippen LogP contribution >= 0.6 is 0 Å². The van der Waals surface area contributed by atoms with Gasteiger partial charge in [-0.1, -0.05) is 24.6 Å². The molecular formula is C20H25N6O3+. The topological polar surface area (TPSA) is 142 Å². The van der Waals surface area contributed by atoms with Crippen molar-refractivity contribution in [1.29, 1.82) is 0 Å². The van der Waals surface area contributed by atoms with E-state index in [1.807, 2.05) is 37.3 Å². The summed E-state index contributed by atoms with van der Waals surface area (Å²) in [7, 11) is 0. The average Bonchev–Trinajstić information content (AvgIpc) is 3.27. The molecule has 0 bridgehead atoms. The Morgan fingerprint density at radius 1 is 1.21 bits per heavy atom. The van der Waals surface area contributed by atoms with Crippen LogP contribution in [0.5, 0.6) is 11.6 Å². The zero-order valence-corrected chi connectivity index (χ0v) is 16.3. The monoisotopic (exact) mass is 397 g/mol. The molecule has 5 N–H and O–H groups in total. The molecule has 2 aromatic heterocycles. The molecule has 9 heteroatoms. The van der Waals surface area contributed by atoms with Crippen LogP contribution in [0.2, 0.25) is 0 Å². The molecular weight excluding hydrogens is 372 g/mol. The zero-order chi connectivity index (χ0) is 20.6. The smallest absolute Gasteiger partial charge is 0.307 e. The number of benzene rings is 1. The van der Waals surface area contributed by atoms with Crippen molar-refractivity contribution in [2.45, 2.75) is 38.6 Å². The minimum Gasteiger partial charge on any atom is -0.481 e. The number of pyridine rings is 1. The molecule has 1 aromatic carbocycles. The Kier molecular flexibility index (Phi) is 6.85. The Labute approximate surface area is 168 Å². The molecule has 0 saturated carbocycles. The SMILES string of the molecule is CCCC(C(=O)O)C(Cc1ccc(Oc2ccc(C[NH3+])cc2)nc1)c1nn[nH]n1. The number of ether oxygens (including phenoxy) is 1. The number of quaternary nitrogens is 1. The second-order valence-electron chi connectivity index (χ2n) is 6.81. The van der Waals surface area contributed by atoms with Crippen molar-refractivity contribution >= 4 is 5.97 Å². The van der Waals surface area contributed by atoms with Gasteiger partial charge in [-0.25, -0.2) is 4.98 Å². The van der Waals surface area contributed by atoms with Crippen LogP contribution in [0, 0.1) is 5.92 Å². The first-order chi connectivity index (χ1) is 14.1. The number of aromatic amines is 1. The molecule has 0 radical (unpaired) electrons. The van der Waals surface area contributed by atoms with E-state index < -0.39 is 17.8 Å². The van der Waals surface area contributed by atoms with Gasteiger partial charge in [0, 0.05) is 23.7 Å². The van der Waals surface area contributed by atoms with Crippen LogP contribution in [0.4, 0.5) is 0 Å². The van der Waals surface area contributed by atoms with Crippen LogP contribution in [-0.4, -0.2) is 36.7 Å². The first-order valence-corrected chi connectivity index (χ1v) is 9.57. The highest BCUT2D eigenvalue weighted by molar-refractivity contribution is 5.71. The van der Waals surface area contributed by atoms with Crippen LogP contribution < -0.4 is 10.5 Å². The maximum atomic E-state index is 11.8. The Hall–Kier alpha value is -3.33. The van der Waals surface area contributed by atoms with Crippen molar-refractivity contribution in [3.8, 4) is 11.6 Å². The average molecular weight is 397 g/mol. The molecule has 3 aromatic rings. The number of tetrazole rings is 1. The second kappa shape index (κ2) is 9.74. The van der Waals surface area contributed by atoms with E-state index in [9.17, 15) is 9.90 Å². The van der Waals surface area contributed by atoms with E-state index in [1.54, 1.807) is 12.3 Å². The van der Waals surface area contributed by atoms with Gasteiger partial charge in [0.1, 0.15) is 5.75 Å². The molecule has 0 aliphatic carbocycles. The van der Waals surface area contributed by atoms with Gasteiger partial charge in [-0.2, -0.15) is 5.21 Å². The van der Waals surface area contributed by atoms with E-state index >= 15 is 0 Å². The molecule has 9 nitrogen and oxygen atoms in total. The van der Waals surface area contributed by atoms with Gasteiger partial charge >= 0.3 is 5.97 Å². The molecule has 2 atom stereocenters. The number of carboxylic acids is 1. The van der Waals surface area contributed by atoms with Gasteiger partial charge in [-0.05, 0) is 42.7 Å². The van der Waals surface area contributed by atoms with Gasteiger partial charge in [0.15, 0.2) is 5.82 Å². The van der Waals surface area contributed by atoms with Crippen LogP contribution in [0.1, 0.15) is 42.6 Å². The Morgan fingerprint density at radius 3 is 2.52 bits per heavy atom. The molecule has 0 amide bonds. The maximum Gasteiger partial charge on any atom is 0.307 e. The van der Waals surface area contributed by atoms with Crippen molar-refractivity contribution in [3.63, 3.8) is 0 Å². The van der Waals surface area contributed by atoms with Crippen molar-refractivity contribution in [1.82, 2.24) is 25.6 Å². The first kappa shape index (κ1) is 20.4. The van der Waals surface area contributed by atoms with E-state index in [4.69, 9.17) is 4.74 Å². The van der Waals surface area contributed by atoms with Crippen LogP contribution in [-0.2, 0) is 17.8 Å². The van der Waals surface area contributed by atoms with Gasteiger partial charge in [0.25, 0.3) is 0 Å². The number of nitrogens with one attached hydrogen (secondary N) is 1. The number of H-pyrrole nitrogens is 1. The number of hydrogen-bond donors (Lipinski definition) is 3. The van der Waals surface area contributed by atoms with E-state index in [0.29, 0.717) is 30.3 Å². The lowest BCUT2D eigenvalue weighted by Crippen LogP contribution is -2.47. The van der Waals surface area contributed by atoms with Gasteiger partial charge in [-0.15, -0.1) is 10.2 Å². The highest BCUT2D eigenvalue weighted by Gasteiger charge is 2.32. The number of aliphatic carboxylic acids is 1. The molecule has 2 heterocycles. The summed E-state index contributed by atoms with van der Waals surface area (Å²) < 4.78 is 5.77. The lowest BCUT2D eigenvalue weighted by molar-refractivity contribution is -0.386. The van der Waals surface area contributed by atoms with Gasteiger partial charge < -0.3 is 15.6 Å². The quantitative estimate of drug-likeness (QED) is 0.475. The largest absolute Gasteiger partial charge is 0.481 e. The summed E-state index contributed by atoms with van der Waals surface area (Å²) >= 11 is 0. The molecule has 0 aliphatic rings. The second-order valence-corrected chi connectivity index (χ2v) is 6.81. The van der Waals surface area contributed by atoms with Crippen LogP contribution in [0.25, 0.3) is 0 Å². The number of carboxylic acid groups (broad SMARTS) is 1. The predicted molar refractivity (Wildman–Crippen MR) is 104 cm³/mol. The minimum atomic E-state index is -0.861. The molecule has 152 valence electrons. The third-order valence-corrected chi connectivity index (χ3v) is 4.78. The van der Waals surface area contributed by atoms with Crippen molar-refractivity contribution in [2.24, 2.45) is 5.92 Å². The van der Waals surface area contributed by atoms with Crippen molar-refractivity contribution in [2.75, 3.05) is 0 Å². The van der Waals surface area contributed by atoms with Gasteiger partial charge in [0.2, 0.25) is 5.88 Å². The summed E-state index contributed by atoms with van der Waals surface area (Å²) in [6.45, 7) is 2.69. The summed E-state index contributed by atoms with van der Waals surface area (Å²) in [5.41, 5.74) is 5.86. The molecule has 2 unspecified atom stereocenters. The fourth-order valence-corrected chi connectivity index (χ4v) is 3.24. The van der Waals surface area contributed by atoms with Crippen LogP contribution in [0.15, 0.2) is 42.6 Å². The standard InChI is InChI=1S/C20H24N6O3/c1-2-3-16(20(27)28)17(19-23-25-26-24-19)10-14-6-9-18(22-12-14)29-15-7-4-13(11-21)5-8-15/h4-9,12,16-17H,2-3,10-11,21H2,1H3,(H,27,28)(H,23,24,25,26)/p+1. The lowest BCUT2D eigenvalue weighted by atomic mass is 9.83. The summed E-state index contributed by atoms with van der Waals surface area (Å²) in [4.78, 5) is 16.1. The van der Waals surface area contributed by atoms with Gasteiger partial charge in [-0.3, -0.25) is 4.79 Å². The normalized spacial score (nSPS) is 13.0. The van der Waals surface area contributed by atoms with Gasteiger partial charge in [0.05, 0.1) is 12.5 Å². The first-order valence-electron chi connectivity index (χ1n) is 9.57. The Bertz CT molecular complexity index is 897. The maximum absolute atomic E-state index is 11.8. The summed E-state index contributed by atoms with van der Waals surface area (Å²) in [5, 5.41) is 23.7. The molecule has 0 spiro atoms. The van der Waals surface area contributed by atoms with E-state index in [-0.39, 0.29) is 0 Å². The number of hydrogen-bond acceptors (Lipinski definition) is 6. The fraction of sp³-hybridized carbons (Fsp3) is 0.350.